The van der Waals surface area contributed by atoms with Crippen LogP contribution >= 0.6 is 116 Å². The van der Waals surface area contributed by atoms with Crippen molar-refractivity contribution in [3.63, 3.8) is 0 Å². The van der Waals surface area contributed by atoms with Gasteiger partial charge in [0.1, 0.15) is -0.565 Å². The van der Waals surface area contributed by atoms with Gasteiger partial charge in [0.2, 0.25) is 0 Å². The summed E-state index contributed by atoms with van der Waals surface area (Å²) in [5.74, 6) is -1.82. The van der Waals surface area contributed by atoms with E-state index in [9.17, 15) is 9.59 Å². The number of benzene rings is 2. The Balaban J connectivity index is 0.000000260. The summed E-state index contributed by atoms with van der Waals surface area (Å²) < 4.78 is -0.885. The third-order valence-electron chi connectivity index (χ3n) is 2.93. The number of aromatic carboxylic acids is 2. The highest BCUT2D eigenvalue weighted by atomic mass is 127. The van der Waals surface area contributed by atoms with Crippen LogP contribution in [0.25, 0.3) is 0 Å². The fourth-order valence-electron chi connectivity index (χ4n) is 1.83. The molecule has 26 heavy (non-hydrogen) atoms. The van der Waals surface area contributed by atoms with Crippen molar-refractivity contribution in [2.45, 2.75) is 1.58 Å². The van der Waals surface area contributed by atoms with Crippen molar-refractivity contribution in [2.75, 3.05) is 0 Å². The molecule has 0 saturated heterocycles. The lowest BCUT2D eigenvalue weighted by Crippen LogP contribution is -2.08. The Morgan fingerprint density at radius 3 is 1.35 bits per heavy atom. The maximum Gasteiger partial charge on any atom is 0.336 e. The first kappa shape index (κ1) is 25.0. The number of alkyl halides is 6. The van der Waals surface area contributed by atoms with Crippen LogP contribution in [0.3, 0.4) is 0 Å². The first-order chi connectivity index (χ1) is 11.9. The minimum absolute atomic E-state index is 0.206. The van der Waals surface area contributed by atoms with Crippen LogP contribution in [0.5, 0.6) is 0 Å². The fourth-order valence-corrected chi connectivity index (χ4v) is 4.28. The summed E-state index contributed by atoms with van der Waals surface area (Å²) in [7, 11) is 0. The third kappa shape index (κ3) is 7.79. The summed E-state index contributed by atoms with van der Waals surface area (Å²) in [6.07, 6.45) is 0. The topological polar surface area (TPSA) is 74.6 Å². The van der Waals surface area contributed by atoms with Gasteiger partial charge < -0.3 is 10.2 Å². The van der Waals surface area contributed by atoms with Crippen LogP contribution < -0.4 is 0 Å². The average Bonchev–Trinajstić information content (AvgIpc) is 2.54. The second kappa shape index (κ2) is 10.7. The minimum Gasteiger partial charge on any atom is -0.478 e. The normalized spacial score (nSPS) is 11.3. The van der Waals surface area contributed by atoms with E-state index in [-0.39, 0.29) is 5.00 Å². The molecule has 2 aromatic carbocycles. The number of halogens is 6. The maximum atomic E-state index is 10.9. The lowest BCUT2D eigenvalue weighted by molar-refractivity contribution is 0.0685. The highest BCUT2D eigenvalue weighted by Crippen LogP contribution is 2.47. The zero-order valence-corrected chi connectivity index (χ0v) is 23.8. The van der Waals surface area contributed by atoms with Gasteiger partial charge >= 0.3 is 11.9 Å². The molecule has 10 heteroatoms. The molecule has 0 aromatic heterocycles. The summed E-state index contributed by atoms with van der Waals surface area (Å²) in [5, 5.41) is 17.8. The first-order valence-electron chi connectivity index (χ1n) is 6.64. The Kier molecular flexibility index (Phi) is 10.3. The van der Waals surface area contributed by atoms with Crippen LogP contribution in [0.2, 0.25) is 0 Å². The van der Waals surface area contributed by atoms with Gasteiger partial charge in [0.15, 0.2) is 2.14 Å². The van der Waals surface area contributed by atoms with Gasteiger partial charge in [-0.2, -0.15) is 0 Å². The van der Waals surface area contributed by atoms with Crippen LogP contribution in [-0.2, 0) is 1.58 Å². The Morgan fingerprint density at radius 1 is 0.731 bits per heavy atom. The molecule has 0 aliphatic rings. The zero-order valence-electron chi connectivity index (χ0n) is 12.6. The number of hydrogen-bond acceptors (Lipinski definition) is 2. The smallest absolute Gasteiger partial charge is 0.336 e. The van der Waals surface area contributed by atoms with Crippen LogP contribution in [0, 0.1) is 0 Å². The number of carbonyl (C=O) groups is 2. The van der Waals surface area contributed by atoms with Crippen molar-refractivity contribution < 1.29 is 19.8 Å². The fraction of sp³-hybridized carbons (Fsp3) is 0.125. The molecule has 0 amide bonds. The van der Waals surface area contributed by atoms with Gasteiger partial charge in [0, 0.05) is 11.1 Å². The Bertz CT molecular complexity index is 734. The average molecular weight is 887 g/mol. The van der Waals surface area contributed by atoms with Crippen molar-refractivity contribution in [3.05, 3.63) is 70.8 Å². The van der Waals surface area contributed by atoms with E-state index in [4.69, 9.17) is 10.2 Å². The minimum atomic E-state index is -0.946. The molecule has 2 rings (SSSR count). The summed E-state index contributed by atoms with van der Waals surface area (Å²) in [6, 6.07) is 13.8. The molecule has 0 bridgehead atoms. The monoisotopic (exact) mass is 884 g/mol. The zero-order chi connectivity index (χ0) is 20.1. The molecule has 2 N–H and O–H groups in total. The van der Waals surface area contributed by atoms with E-state index >= 15 is 0 Å². The lowest BCUT2D eigenvalue weighted by Gasteiger charge is -2.14. The quantitative estimate of drug-likeness (QED) is 0.248. The van der Waals surface area contributed by atoms with Crippen molar-refractivity contribution in [2.24, 2.45) is 0 Å². The summed E-state index contributed by atoms with van der Waals surface area (Å²) in [6.45, 7) is 0. The number of rotatable bonds is 3. The van der Waals surface area contributed by atoms with E-state index in [0.717, 1.165) is 5.56 Å². The molecule has 0 aliphatic heterocycles. The molecule has 0 heterocycles. The van der Waals surface area contributed by atoms with Crippen molar-refractivity contribution in [1.29, 1.82) is 0 Å². The molecule has 0 radical (unpaired) electrons. The standard InChI is InChI=1S/C8H5Br3O2.C8H5I3O2/c2*9-8(10,11)6-4-2-1-3-5(6)7(12)13/h2*1-4H,(H,12,13). The van der Waals surface area contributed by atoms with E-state index in [0.29, 0.717) is 11.1 Å². The van der Waals surface area contributed by atoms with Gasteiger partial charge in [-0.3, -0.25) is 0 Å². The lowest BCUT2D eigenvalue weighted by atomic mass is 10.1. The molecule has 0 saturated carbocycles. The second-order valence-corrected chi connectivity index (χ2v) is 22.5. The van der Waals surface area contributed by atoms with Crippen LogP contribution in [0.1, 0.15) is 31.8 Å². The van der Waals surface area contributed by atoms with E-state index in [1.165, 1.54) is 0 Å². The summed E-state index contributed by atoms with van der Waals surface area (Å²) in [5.41, 5.74) is 2.10. The molecule has 0 spiro atoms. The van der Waals surface area contributed by atoms with Gasteiger partial charge in [0.25, 0.3) is 0 Å². The summed E-state index contributed by atoms with van der Waals surface area (Å²) >= 11 is 16.5. The van der Waals surface area contributed by atoms with Crippen LogP contribution in [0.15, 0.2) is 48.5 Å². The van der Waals surface area contributed by atoms with Gasteiger partial charge in [-0.25, -0.2) is 9.59 Å². The predicted molar refractivity (Wildman–Crippen MR) is 139 cm³/mol. The largest absolute Gasteiger partial charge is 0.478 e. The highest BCUT2D eigenvalue weighted by molar-refractivity contribution is 14.3. The van der Waals surface area contributed by atoms with E-state index in [1.807, 2.05) is 12.1 Å². The molecule has 0 atom stereocenters. The Labute approximate surface area is 216 Å². The molecule has 4 nitrogen and oxygen atoms in total. The number of carboxylic acids is 2. The molecular weight excluding hydrogens is 877 g/mol. The third-order valence-corrected chi connectivity index (χ3v) is 5.95. The Morgan fingerprint density at radius 2 is 1.08 bits per heavy atom. The van der Waals surface area contributed by atoms with Gasteiger partial charge in [0.05, 0.1) is 11.1 Å². The van der Waals surface area contributed by atoms with Gasteiger partial charge in [-0.05, 0) is 79.9 Å². The second-order valence-electron chi connectivity index (χ2n) is 4.70. The van der Waals surface area contributed by atoms with Gasteiger partial charge in [-0.15, -0.1) is 0 Å². The summed E-state index contributed by atoms with van der Waals surface area (Å²) in [4.78, 5) is 21.7. The first-order valence-corrected chi connectivity index (χ1v) is 12.3. The van der Waals surface area contributed by atoms with E-state index in [2.05, 4.69) is 116 Å². The SMILES string of the molecule is O=C(O)c1ccccc1C(Br)(Br)Br.O=C(O)c1ccccc1C(I)(I)I. The molecule has 140 valence electrons. The molecule has 0 aliphatic carbocycles. The van der Waals surface area contributed by atoms with Crippen molar-refractivity contribution in [1.82, 2.24) is 0 Å². The highest BCUT2D eigenvalue weighted by Gasteiger charge is 2.26. The molecule has 0 unspecified atom stereocenters. The number of carboxylic acid groups (broad SMARTS) is 2. The Hall–Kier alpha value is 1.01. The van der Waals surface area contributed by atoms with E-state index in [1.54, 1.807) is 36.4 Å². The van der Waals surface area contributed by atoms with Crippen LogP contribution in [0.4, 0.5) is 0 Å². The maximum absolute atomic E-state index is 10.9. The van der Waals surface area contributed by atoms with E-state index < -0.39 is 14.1 Å². The predicted octanol–water partition coefficient (Wildman–Crippen LogP) is 7.48. The number of hydrogen-bond donors (Lipinski definition) is 2. The molecular formula is C16H10Br3I3O4. The van der Waals surface area contributed by atoms with Crippen molar-refractivity contribution >= 4 is 128 Å². The van der Waals surface area contributed by atoms with Crippen LogP contribution in [-0.4, -0.2) is 22.2 Å². The molecule has 0 fully saturated rings. The van der Waals surface area contributed by atoms with Crippen molar-refractivity contribution in [3.8, 4) is 0 Å². The molecule has 2 aromatic rings. The van der Waals surface area contributed by atoms with Gasteiger partial charge in [-0.1, -0.05) is 84.2 Å².